The minimum Gasteiger partial charge on any atom is -0.481 e. The van der Waals surface area contributed by atoms with E-state index in [-0.39, 0.29) is 19.5 Å². The molecule has 0 amide bonds. The molecule has 0 atom stereocenters. The molecule has 0 unspecified atom stereocenters. The molecule has 0 aliphatic rings. The Morgan fingerprint density at radius 3 is 1.03 bits per heavy atom. The molecule has 0 heterocycles. The summed E-state index contributed by atoms with van der Waals surface area (Å²) < 4.78 is 0. The summed E-state index contributed by atoms with van der Waals surface area (Å²) in [7, 11) is 0. The number of carboxylic acid groups (broad SMARTS) is 2. The molecule has 0 fully saturated rings. The Labute approximate surface area is 217 Å². The molecule has 5 heteroatoms. The van der Waals surface area contributed by atoms with E-state index in [0.29, 0.717) is 12.8 Å². The summed E-state index contributed by atoms with van der Waals surface area (Å²) in [5.41, 5.74) is 0. The summed E-state index contributed by atoms with van der Waals surface area (Å²) in [6.07, 6.45) is 30.8. The summed E-state index contributed by atoms with van der Waals surface area (Å²) in [4.78, 5) is 20.5. The Morgan fingerprint density at radius 2 is 0.758 bits per heavy atom. The van der Waals surface area contributed by atoms with Gasteiger partial charge in [-0.25, -0.2) is 0 Å². The second-order valence-corrected chi connectivity index (χ2v) is 8.63. The topological polar surface area (TPSA) is 74.6 Å². The minimum absolute atomic E-state index is 0. The third-order valence-corrected chi connectivity index (χ3v) is 5.30. The number of aliphatic carboxylic acids is 2. The van der Waals surface area contributed by atoms with Crippen LogP contribution >= 0.6 is 0 Å². The van der Waals surface area contributed by atoms with Gasteiger partial charge in [0.1, 0.15) is 0 Å². The van der Waals surface area contributed by atoms with Crippen molar-refractivity contribution in [3.05, 3.63) is 24.3 Å². The molecule has 0 aromatic rings. The van der Waals surface area contributed by atoms with E-state index in [1.54, 1.807) is 0 Å². The van der Waals surface area contributed by atoms with Gasteiger partial charge in [-0.1, -0.05) is 89.5 Å². The van der Waals surface area contributed by atoms with Gasteiger partial charge in [-0.2, -0.15) is 0 Å². The van der Waals surface area contributed by atoms with Crippen LogP contribution in [0.25, 0.3) is 0 Å². The Kier molecular flexibility index (Phi) is 36.9. The van der Waals surface area contributed by atoms with Crippen LogP contribution in [0.5, 0.6) is 0 Å². The van der Waals surface area contributed by atoms with Crippen LogP contribution in [0.15, 0.2) is 24.3 Å². The number of unbranched alkanes of at least 4 members (excludes halogenated alkanes) is 14. The maximum Gasteiger partial charge on any atom is 0.303 e. The first-order valence-electron chi connectivity index (χ1n) is 13.3. The van der Waals surface area contributed by atoms with Crippen molar-refractivity contribution in [1.82, 2.24) is 0 Å². The van der Waals surface area contributed by atoms with Crippen LogP contribution in [0.3, 0.4) is 0 Å². The molecule has 0 saturated carbocycles. The summed E-state index contributed by atoms with van der Waals surface area (Å²) in [5, 5.41) is 16.9. The van der Waals surface area contributed by atoms with Gasteiger partial charge in [0.05, 0.1) is 0 Å². The van der Waals surface area contributed by atoms with E-state index >= 15 is 0 Å². The van der Waals surface area contributed by atoms with Crippen molar-refractivity contribution >= 4 is 11.9 Å². The number of carbonyl (C=O) groups is 2. The molecule has 33 heavy (non-hydrogen) atoms. The fraction of sp³-hybridized carbons (Fsp3) is 0.786. The normalized spacial score (nSPS) is 10.7. The number of carboxylic acids is 2. The predicted molar refractivity (Wildman–Crippen MR) is 137 cm³/mol. The van der Waals surface area contributed by atoms with Crippen molar-refractivity contribution in [1.29, 1.82) is 0 Å². The van der Waals surface area contributed by atoms with E-state index in [0.717, 1.165) is 51.4 Å². The molecule has 0 aliphatic carbocycles. The Balaban J connectivity index is -0.000000529. The molecule has 0 radical (unpaired) electrons. The molecule has 2 N–H and O–H groups in total. The zero-order valence-electron chi connectivity index (χ0n) is 21.9. The first-order chi connectivity index (χ1) is 15.5. The van der Waals surface area contributed by atoms with Crippen molar-refractivity contribution in [2.24, 2.45) is 0 Å². The average Bonchev–Trinajstić information content (AvgIpc) is 2.76. The first kappa shape index (κ1) is 36.6. The van der Waals surface area contributed by atoms with Gasteiger partial charge in [-0.05, 0) is 64.2 Å². The molecule has 0 saturated heterocycles. The third-order valence-electron chi connectivity index (χ3n) is 5.30. The van der Waals surface area contributed by atoms with Gasteiger partial charge in [-0.15, -0.1) is 0 Å². The van der Waals surface area contributed by atoms with Crippen molar-refractivity contribution < 1.29 is 39.3 Å². The summed E-state index contributed by atoms with van der Waals surface area (Å²) in [6, 6.07) is 0. The van der Waals surface area contributed by atoms with E-state index < -0.39 is 11.9 Å². The smallest absolute Gasteiger partial charge is 0.303 e. The molecule has 0 rings (SSSR count). The first-order valence-corrected chi connectivity index (χ1v) is 13.3. The zero-order chi connectivity index (χ0) is 24.1. The second kappa shape index (κ2) is 33.2. The fourth-order valence-electron chi connectivity index (χ4n) is 3.28. The Hall–Kier alpha value is -0.957. The van der Waals surface area contributed by atoms with E-state index in [9.17, 15) is 9.59 Å². The minimum atomic E-state index is -0.671. The number of hydrogen-bond donors (Lipinski definition) is 2. The van der Waals surface area contributed by atoms with Gasteiger partial charge in [0.25, 0.3) is 0 Å². The monoisotopic (exact) mass is 516 g/mol. The molecule has 0 bridgehead atoms. The van der Waals surface area contributed by atoms with Gasteiger partial charge in [0, 0.05) is 32.3 Å². The summed E-state index contributed by atoms with van der Waals surface area (Å²) in [5.74, 6) is -1.34. The number of allylic oxidation sites excluding steroid dienone is 4. The molecular weight excluding hydrogens is 466 g/mol. The van der Waals surface area contributed by atoms with Crippen LogP contribution in [0.4, 0.5) is 0 Å². The SMILES string of the molecule is CCCCCC=CCCCCCCC(=O)O.CCCCCC=CCCCCCCC(=O)O.[Zn]. The maximum absolute atomic E-state index is 10.2. The standard InChI is InChI=1S/2C14H26O2.Zn/c2*1-2-3-4-5-6-7-8-9-10-11-12-13-14(15)16;/h2*6-7H,2-5,8-13H2,1H3,(H,15,16);. The zero-order valence-corrected chi connectivity index (χ0v) is 24.8. The van der Waals surface area contributed by atoms with E-state index in [1.165, 1.54) is 64.2 Å². The number of rotatable bonds is 22. The second-order valence-electron chi connectivity index (χ2n) is 8.63. The van der Waals surface area contributed by atoms with Crippen LogP contribution in [0.2, 0.25) is 0 Å². The van der Waals surface area contributed by atoms with Crippen LogP contribution < -0.4 is 0 Å². The largest absolute Gasteiger partial charge is 0.481 e. The van der Waals surface area contributed by atoms with E-state index in [2.05, 4.69) is 38.2 Å². The molecule has 0 aliphatic heterocycles. The van der Waals surface area contributed by atoms with Crippen molar-refractivity contribution in [3.63, 3.8) is 0 Å². The Bertz CT molecular complexity index is 419. The quantitative estimate of drug-likeness (QED) is 0.0852. The van der Waals surface area contributed by atoms with Gasteiger partial charge in [0.15, 0.2) is 0 Å². The van der Waals surface area contributed by atoms with Crippen LogP contribution in [0.1, 0.15) is 142 Å². The fourth-order valence-corrected chi connectivity index (χ4v) is 3.28. The number of hydrogen-bond acceptors (Lipinski definition) is 2. The van der Waals surface area contributed by atoms with Gasteiger partial charge in [0.2, 0.25) is 0 Å². The average molecular weight is 518 g/mol. The molecular formula is C28H52O4Zn. The summed E-state index contributed by atoms with van der Waals surface area (Å²) in [6.45, 7) is 4.45. The van der Waals surface area contributed by atoms with Crippen molar-refractivity contribution in [3.8, 4) is 0 Å². The molecule has 0 aromatic carbocycles. The maximum atomic E-state index is 10.2. The van der Waals surface area contributed by atoms with Gasteiger partial charge in [-0.3, -0.25) is 9.59 Å². The van der Waals surface area contributed by atoms with E-state index in [4.69, 9.17) is 10.2 Å². The van der Waals surface area contributed by atoms with Crippen LogP contribution in [-0.4, -0.2) is 22.2 Å². The van der Waals surface area contributed by atoms with Crippen molar-refractivity contribution in [2.45, 2.75) is 142 Å². The molecule has 190 valence electrons. The molecule has 4 nitrogen and oxygen atoms in total. The van der Waals surface area contributed by atoms with E-state index in [1.807, 2.05) is 0 Å². The van der Waals surface area contributed by atoms with Gasteiger partial charge >= 0.3 is 11.9 Å². The van der Waals surface area contributed by atoms with Gasteiger partial charge < -0.3 is 10.2 Å². The van der Waals surface area contributed by atoms with Crippen LogP contribution in [-0.2, 0) is 29.1 Å². The van der Waals surface area contributed by atoms with Crippen molar-refractivity contribution in [2.75, 3.05) is 0 Å². The Morgan fingerprint density at radius 1 is 0.485 bits per heavy atom. The molecule has 0 spiro atoms. The molecule has 0 aromatic heterocycles. The predicted octanol–water partition coefficient (Wildman–Crippen LogP) is 9.09. The summed E-state index contributed by atoms with van der Waals surface area (Å²) >= 11 is 0. The third kappa shape index (κ3) is 41.8. The van der Waals surface area contributed by atoms with Crippen LogP contribution in [0, 0.1) is 0 Å².